The second kappa shape index (κ2) is 7.96. The molecule has 1 amide bonds. The van der Waals surface area contributed by atoms with Crippen LogP contribution >= 0.6 is 11.8 Å². The predicted octanol–water partition coefficient (Wildman–Crippen LogP) is 2.85. The van der Waals surface area contributed by atoms with Gasteiger partial charge < -0.3 is 10.1 Å². The average Bonchev–Trinajstić information content (AvgIpc) is 3.11. The van der Waals surface area contributed by atoms with Crippen LogP contribution in [0.25, 0.3) is 5.69 Å². The highest BCUT2D eigenvalue weighted by molar-refractivity contribution is 7.99. The van der Waals surface area contributed by atoms with Crippen molar-refractivity contribution >= 4 is 23.4 Å². The molecule has 9 heteroatoms. The number of hydrogen-bond donors (Lipinski definition) is 1. The molecule has 0 aliphatic carbocycles. The number of thioether (sulfide) groups is 1. The Labute approximate surface area is 153 Å². The third kappa shape index (κ3) is 4.17. The van der Waals surface area contributed by atoms with E-state index in [1.165, 1.54) is 30.0 Å². The molecule has 1 N–H and O–H groups in total. The van der Waals surface area contributed by atoms with E-state index in [-0.39, 0.29) is 17.5 Å². The van der Waals surface area contributed by atoms with Crippen LogP contribution < -0.4 is 10.1 Å². The van der Waals surface area contributed by atoms with Gasteiger partial charge in [-0.3, -0.25) is 4.79 Å². The van der Waals surface area contributed by atoms with Crippen LogP contribution in [0.4, 0.5) is 10.1 Å². The van der Waals surface area contributed by atoms with Crippen molar-refractivity contribution in [2.24, 2.45) is 0 Å². The zero-order chi connectivity index (χ0) is 18.5. The number of halogens is 1. The fourth-order valence-electron chi connectivity index (χ4n) is 2.24. The van der Waals surface area contributed by atoms with Gasteiger partial charge >= 0.3 is 0 Å². The number of benzene rings is 2. The molecule has 0 radical (unpaired) electrons. The fraction of sp³-hybridized carbons (Fsp3) is 0.176. The van der Waals surface area contributed by atoms with Crippen molar-refractivity contribution in [2.75, 3.05) is 18.2 Å². The smallest absolute Gasteiger partial charge is 0.234 e. The topological polar surface area (TPSA) is 81.9 Å². The minimum absolute atomic E-state index is 0.118. The van der Waals surface area contributed by atoms with Gasteiger partial charge in [-0.05, 0) is 65.4 Å². The Hall–Kier alpha value is -2.94. The predicted molar refractivity (Wildman–Crippen MR) is 96.2 cm³/mol. The van der Waals surface area contributed by atoms with Crippen molar-refractivity contribution < 1.29 is 13.9 Å². The molecule has 134 valence electrons. The summed E-state index contributed by atoms with van der Waals surface area (Å²) in [6.45, 7) is 1.73. The fourth-order valence-corrected chi connectivity index (χ4v) is 2.93. The van der Waals surface area contributed by atoms with Crippen LogP contribution in [0, 0.1) is 12.7 Å². The molecule has 3 aromatic rings. The van der Waals surface area contributed by atoms with Crippen LogP contribution in [0.1, 0.15) is 5.56 Å². The molecule has 0 saturated heterocycles. The number of methoxy groups -OCH3 is 1. The number of anilines is 1. The molecular formula is C17H16FN5O2S. The minimum Gasteiger partial charge on any atom is -0.497 e. The van der Waals surface area contributed by atoms with Gasteiger partial charge in [0.05, 0.1) is 18.6 Å². The normalized spacial score (nSPS) is 10.6. The van der Waals surface area contributed by atoms with E-state index in [9.17, 15) is 9.18 Å². The van der Waals surface area contributed by atoms with Crippen molar-refractivity contribution in [1.82, 2.24) is 20.2 Å². The van der Waals surface area contributed by atoms with Crippen molar-refractivity contribution in [2.45, 2.75) is 12.1 Å². The highest BCUT2D eigenvalue weighted by Gasteiger charge is 2.12. The lowest BCUT2D eigenvalue weighted by molar-refractivity contribution is -0.113. The number of ether oxygens (including phenoxy) is 1. The molecule has 2 aromatic carbocycles. The number of nitrogens with one attached hydrogen (secondary N) is 1. The second-order valence-corrected chi connectivity index (χ2v) is 6.31. The number of amides is 1. The molecular weight excluding hydrogens is 357 g/mol. The van der Waals surface area contributed by atoms with E-state index in [2.05, 4.69) is 20.8 Å². The van der Waals surface area contributed by atoms with Gasteiger partial charge in [0.2, 0.25) is 11.1 Å². The monoisotopic (exact) mass is 373 g/mol. The molecule has 7 nitrogen and oxygen atoms in total. The molecule has 1 heterocycles. The number of aromatic nitrogens is 4. The lowest BCUT2D eigenvalue weighted by Gasteiger charge is -2.08. The van der Waals surface area contributed by atoms with Crippen molar-refractivity contribution in [3.05, 3.63) is 53.8 Å². The maximum absolute atomic E-state index is 13.1. The molecule has 1 aromatic heterocycles. The second-order valence-electron chi connectivity index (χ2n) is 5.37. The van der Waals surface area contributed by atoms with Crippen LogP contribution in [0.3, 0.4) is 0 Å². The Kier molecular flexibility index (Phi) is 5.47. The van der Waals surface area contributed by atoms with Crippen LogP contribution in [-0.2, 0) is 4.79 Å². The van der Waals surface area contributed by atoms with Gasteiger partial charge in [-0.2, -0.15) is 4.68 Å². The molecule has 26 heavy (non-hydrogen) atoms. The molecule has 0 unspecified atom stereocenters. The summed E-state index contributed by atoms with van der Waals surface area (Å²) in [7, 11) is 1.59. The van der Waals surface area contributed by atoms with E-state index < -0.39 is 0 Å². The Morgan fingerprint density at radius 1 is 1.27 bits per heavy atom. The van der Waals surface area contributed by atoms with Gasteiger partial charge in [0, 0.05) is 5.69 Å². The standard InChI is InChI=1S/C17H16FN5O2S/c1-11-9-12(18)3-8-15(11)19-16(24)10-26-17-20-21-22-23(17)13-4-6-14(25-2)7-5-13/h3-9H,10H2,1-2H3,(H,19,24). The molecule has 0 bridgehead atoms. The number of carbonyl (C=O) groups is 1. The number of nitrogens with zero attached hydrogens (tertiary/aromatic N) is 4. The zero-order valence-corrected chi connectivity index (χ0v) is 15.0. The largest absolute Gasteiger partial charge is 0.497 e. The van der Waals surface area contributed by atoms with Gasteiger partial charge in [-0.1, -0.05) is 11.8 Å². The minimum atomic E-state index is -0.339. The SMILES string of the molecule is COc1ccc(-n2nnnc2SCC(=O)Nc2ccc(F)cc2C)cc1. The summed E-state index contributed by atoms with van der Waals surface area (Å²) < 4.78 is 19.8. The Morgan fingerprint density at radius 3 is 2.73 bits per heavy atom. The number of rotatable bonds is 6. The Bertz CT molecular complexity index is 914. The van der Waals surface area contributed by atoms with E-state index in [1.807, 2.05) is 12.1 Å². The number of tetrazole rings is 1. The summed E-state index contributed by atoms with van der Waals surface area (Å²) in [6.07, 6.45) is 0. The number of carbonyl (C=O) groups excluding carboxylic acids is 1. The lowest BCUT2D eigenvalue weighted by atomic mass is 10.2. The summed E-state index contributed by atoms with van der Waals surface area (Å²) in [5, 5.41) is 14.8. The zero-order valence-electron chi connectivity index (χ0n) is 14.1. The first kappa shape index (κ1) is 17.9. The summed E-state index contributed by atoms with van der Waals surface area (Å²) in [5.41, 5.74) is 1.99. The van der Waals surface area contributed by atoms with Crippen molar-refractivity contribution in [1.29, 1.82) is 0 Å². The quantitative estimate of drug-likeness (QED) is 0.669. The molecule has 0 spiro atoms. The molecule has 0 fully saturated rings. The van der Waals surface area contributed by atoms with Gasteiger partial charge in [-0.15, -0.1) is 5.10 Å². The van der Waals surface area contributed by atoms with Crippen LogP contribution in [0.15, 0.2) is 47.6 Å². The van der Waals surface area contributed by atoms with Crippen molar-refractivity contribution in [3.8, 4) is 11.4 Å². The highest BCUT2D eigenvalue weighted by atomic mass is 32.2. The van der Waals surface area contributed by atoms with E-state index >= 15 is 0 Å². The van der Waals surface area contributed by atoms with Crippen molar-refractivity contribution in [3.63, 3.8) is 0 Å². The van der Waals surface area contributed by atoms with E-state index in [0.29, 0.717) is 16.4 Å². The van der Waals surface area contributed by atoms with E-state index in [4.69, 9.17) is 4.74 Å². The molecule has 0 atom stereocenters. The third-order valence-corrected chi connectivity index (χ3v) is 4.47. The Balaban J connectivity index is 1.64. The summed E-state index contributed by atoms with van der Waals surface area (Å²) >= 11 is 1.20. The molecule has 0 aliphatic heterocycles. The third-order valence-electron chi connectivity index (χ3n) is 3.55. The molecule has 3 rings (SSSR count). The lowest BCUT2D eigenvalue weighted by Crippen LogP contribution is -2.15. The van der Waals surface area contributed by atoms with Crippen LogP contribution in [0.2, 0.25) is 0 Å². The van der Waals surface area contributed by atoms with Gasteiger partial charge in [0.15, 0.2) is 0 Å². The maximum atomic E-state index is 13.1. The first-order valence-corrected chi connectivity index (χ1v) is 8.67. The highest BCUT2D eigenvalue weighted by Crippen LogP contribution is 2.21. The number of aryl methyl sites for hydroxylation is 1. The molecule has 0 aliphatic rings. The van der Waals surface area contributed by atoms with Gasteiger partial charge in [0.25, 0.3) is 0 Å². The van der Waals surface area contributed by atoms with Crippen LogP contribution in [0.5, 0.6) is 5.75 Å². The van der Waals surface area contributed by atoms with Gasteiger partial charge in [0.1, 0.15) is 11.6 Å². The Morgan fingerprint density at radius 2 is 2.04 bits per heavy atom. The summed E-state index contributed by atoms with van der Waals surface area (Å²) in [5.74, 6) is 0.278. The average molecular weight is 373 g/mol. The number of hydrogen-bond acceptors (Lipinski definition) is 6. The summed E-state index contributed by atoms with van der Waals surface area (Å²) in [6, 6.07) is 11.5. The first-order valence-electron chi connectivity index (χ1n) is 7.68. The summed E-state index contributed by atoms with van der Waals surface area (Å²) in [4.78, 5) is 12.2. The van der Waals surface area contributed by atoms with Crippen LogP contribution in [-0.4, -0.2) is 39.0 Å². The van der Waals surface area contributed by atoms with Gasteiger partial charge in [-0.25, -0.2) is 4.39 Å². The molecule has 0 saturated carbocycles. The van der Waals surface area contributed by atoms with E-state index in [1.54, 1.807) is 30.8 Å². The maximum Gasteiger partial charge on any atom is 0.234 e. The van der Waals surface area contributed by atoms with E-state index in [0.717, 1.165) is 11.4 Å². The first-order chi connectivity index (χ1) is 12.6.